The number of aromatic nitrogens is 1. The summed E-state index contributed by atoms with van der Waals surface area (Å²) in [5.41, 5.74) is 3.13. The highest BCUT2D eigenvalue weighted by Crippen LogP contribution is 2.27. The van der Waals surface area contributed by atoms with Crippen LogP contribution in [0.5, 0.6) is 11.5 Å². The lowest BCUT2D eigenvalue weighted by Crippen LogP contribution is -2.45. The van der Waals surface area contributed by atoms with Gasteiger partial charge >= 0.3 is 0 Å². The van der Waals surface area contributed by atoms with Gasteiger partial charge in [0, 0.05) is 50.2 Å². The normalized spacial score (nSPS) is 14.2. The van der Waals surface area contributed by atoms with Crippen molar-refractivity contribution < 1.29 is 4.74 Å². The van der Waals surface area contributed by atoms with Crippen molar-refractivity contribution in [2.45, 2.75) is 6.42 Å². The molecule has 0 unspecified atom stereocenters. The number of pyridine rings is 1. The maximum Gasteiger partial charge on any atom is 0.142 e. The van der Waals surface area contributed by atoms with Crippen LogP contribution < -0.4 is 15.0 Å². The van der Waals surface area contributed by atoms with Crippen molar-refractivity contribution in [3.05, 3.63) is 89.0 Å². The lowest BCUT2D eigenvalue weighted by molar-refractivity contribution is 0.312. The molecule has 1 aromatic heterocycles. The summed E-state index contributed by atoms with van der Waals surface area (Å²) in [6.07, 6.45) is 2.81. The lowest BCUT2D eigenvalue weighted by atomic mass is 10.1. The number of likely N-dealkylation sites (N-methyl/N-ethyl adjacent to an activating group) is 1. The maximum absolute atomic E-state index is 5.86. The van der Waals surface area contributed by atoms with E-state index in [9.17, 15) is 0 Å². The van der Waals surface area contributed by atoms with E-state index in [4.69, 9.17) is 9.72 Å². The fourth-order valence-corrected chi connectivity index (χ4v) is 4.26. The summed E-state index contributed by atoms with van der Waals surface area (Å²) in [5, 5.41) is 3.43. The Bertz CT molecular complexity index is 1030. The standard InChI is InChI=1S/C26H29BrN4O/c1-20(22-18-25(27)26(29-19-22)31-16-14-30(2)15-17-31)28-13-12-21-8-10-24(11-9-21)32-23-6-4-3-5-7-23/h3-11,18-19,28H,1,12-17H2,2H3. The Kier molecular flexibility index (Phi) is 7.45. The molecule has 0 aliphatic carbocycles. The summed E-state index contributed by atoms with van der Waals surface area (Å²) in [5.74, 6) is 2.69. The van der Waals surface area contributed by atoms with E-state index >= 15 is 0 Å². The monoisotopic (exact) mass is 492 g/mol. The number of rotatable bonds is 8. The highest BCUT2D eigenvalue weighted by atomic mass is 79.9. The summed E-state index contributed by atoms with van der Waals surface area (Å²) in [7, 11) is 2.16. The zero-order valence-corrected chi connectivity index (χ0v) is 20.0. The van der Waals surface area contributed by atoms with Gasteiger partial charge in [0.25, 0.3) is 0 Å². The Labute approximate surface area is 198 Å². The maximum atomic E-state index is 5.86. The van der Waals surface area contributed by atoms with Gasteiger partial charge in [-0.2, -0.15) is 0 Å². The van der Waals surface area contributed by atoms with E-state index in [1.807, 2.05) is 48.7 Å². The molecule has 0 amide bonds. The number of nitrogens with one attached hydrogen (secondary N) is 1. The highest BCUT2D eigenvalue weighted by Gasteiger charge is 2.18. The van der Waals surface area contributed by atoms with Crippen LogP contribution in [-0.2, 0) is 6.42 Å². The molecule has 6 heteroatoms. The van der Waals surface area contributed by atoms with Gasteiger partial charge in [0.15, 0.2) is 0 Å². The molecule has 0 bridgehead atoms. The predicted molar refractivity (Wildman–Crippen MR) is 135 cm³/mol. The number of piperazine rings is 1. The Morgan fingerprint density at radius 2 is 1.72 bits per heavy atom. The van der Waals surface area contributed by atoms with E-state index in [1.54, 1.807) is 0 Å². The molecule has 1 aliphatic heterocycles. The van der Waals surface area contributed by atoms with E-state index in [-0.39, 0.29) is 0 Å². The molecular formula is C26H29BrN4O. The molecule has 5 nitrogen and oxygen atoms in total. The first-order valence-electron chi connectivity index (χ1n) is 10.9. The molecule has 4 rings (SSSR count). The zero-order chi connectivity index (χ0) is 22.3. The van der Waals surface area contributed by atoms with Crippen LogP contribution in [0.4, 0.5) is 5.82 Å². The zero-order valence-electron chi connectivity index (χ0n) is 18.4. The van der Waals surface area contributed by atoms with Crippen molar-refractivity contribution in [2.24, 2.45) is 0 Å². The second-order valence-electron chi connectivity index (χ2n) is 8.03. The molecule has 1 aliphatic rings. The largest absolute Gasteiger partial charge is 0.457 e. The van der Waals surface area contributed by atoms with E-state index in [0.29, 0.717) is 0 Å². The van der Waals surface area contributed by atoms with Gasteiger partial charge in [-0.25, -0.2) is 4.98 Å². The minimum atomic E-state index is 0.801. The average Bonchev–Trinajstić information content (AvgIpc) is 2.81. The fourth-order valence-electron chi connectivity index (χ4n) is 3.66. The summed E-state index contributed by atoms with van der Waals surface area (Å²) in [6.45, 7) is 9.11. The van der Waals surface area contributed by atoms with Crippen molar-refractivity contribution in [1.82, 2.24) is 15.2 Å². The quantitative estimate of drug-likeness (QED) is 0.468. The first-order chi connectivity index (χ1) is 15.6. The molecule has 32 heavy (non-hydrogen) atoms. The van der Waals surface area contributed by atoms with Gasteiger partial charge < -0.3 is 19.9 Å². The molecule has 2 heterocycles. The Morgan fingerprint density at radius 3 is 2.41 bits per heavy atom. The summed E-state index contributed by atoms with van der Waals surface area (Å²) < 4.78 is 6.87. The number of benzene rings is 2. The topological polar surface area (TPSA) is 40.6 Å². The Morgan fingerprint density at radius 1 is 1.03 bits per heavy atom. The second-order valence-corrected chi connectivity index (χ2v) is 8.89. The van der Waals surface area contributed by atoms with E-state index in [0.717, 1.165) is 72.2 Å². The third-order valence-electron chi connectivity index (χ3n) is 5.63. The molecule has 3 aromatic rings. The number of para-hydroxylation sites is 1. The van der Waals surface area contributed by atoms with Gasteiger partial charge in [0.05, 0.1) is 4.47 Å². The van der Waals surface area contributed by atoms with Crippen LogP contribution >= 0.6 is 15.9 Å². The Balaban J connectivity index is 1.27. The number of ether oxygens (including phenoxy) is 1. The summed E-state index contributed by atoms with van der Waals surface area (Å²) in [6, 6.07) is 20.1. The number of anilines is 1. The van der Waals surface area contributed by atoms with Gasteiger partial charge in [-0.3, -0.25) is 0 Å². The molecule has 0 saturated carbocycles. The van der Waals surface area contributed by atoms with Crippen LogP contribution in [0.2, 0.25) is 0 Å². The molecule has 166 valence electrons. The number of hydrogen-bond acceptors (Lipinski definition) is 5. The van der Waals surface area contributed by atoms with Crippen LogP contribution in [0.15, 0.2) is 77.9 Å². The van der Waals surface area contributed by atoms with Gasteiger partial charge in [-0.05, 0) is 65.3 Å². The number of nitrogens with zero attached hydrogens (tertiary/aromatic N) is 3. The van der Waals surface area contributed by atoms with Gasteiger partial charge in [0.2, 0.25) is 0 Å². The first kappa shape index (κ1) is 22.4. The number of halogens is 1. The predicted octanol–water partition coefficient (Wildman–Crippen LogP) is 5.19. The molecule has 1 saturated heterocycles. The van der Waals surface area contributed by atoms with E-state index in [1.165, 1.54) is 5.56 Å². The molecular weight excluding hydrogens is 464 g/mol. The minimum absolute atomic E-state index is 0.801. The van der Waals surface area contributed by atoms with Crippen LogP contribution in [0.1, 0.15) is 11.1 Å². The fraction of sp³-hybridized carbons (Fsp3) is 0.269. The number of hydrogen-bond donors (Lipinski definition) is 1. The van der Waals surface area contributed by atoms with Crippen molar-refractivity contribution in [3.63, 3.8) is 0 Å². The minimum Gasteiger partial charge on any atom is -0.457 e. The summed E-state index contributed by atoms with van der Waals surface area (Å²) in [4.78, 5) is 9.37. The SMILES string of the molecule is C=C(NCCc1ccc(Oc2ccccc2)cc1)c1cnc(N2CCN(C)CC2)c(Br)c1. The van der Waals surface area contributed by atoms with Crippen LogP contribution in [0.3, 0.4) is 0 Å². The molecule has 2 aromatic carbocycles. The molecule has 0 radical (unpaired) electrons. The Hall–Kier alpha value is -2.83. The van der Waals surface area contributed by atoms with Gasteiger partial charge in [-0.15, -0.1) is 0 Å². The lowest BCUT2D eigenvalue weighted by Gasteiger charge is -2.33. The second kappa shape index (κ2) is 10.7. The van der Waals surface area contributed by atoms with Crippen LogP contribution in [-0.4, -0.2) is 49.7 Å². The highest BCUT2D eigenvalue weighted by molar-refractivity contribution is 9.10. The van der Waals surface area contributed by atoms with Crippen molar-refractivity contribution in [2.75, 3.05) is 44.7 Å². The molecule has 1 fully saturated rings. The molecule has 0 spiro atoms. The average molecular weight is 493 g/mol. The van der Waals surface area contributed by atoms with Crippen molar-refractivity contribution in [1.29, 1.82) is 0 Å². The van der Waals surface area contributed by atoms with Crippen molar-refractivity contribution in [3.8, 4) is 11.5 Å². The molecule has 1 N–H and O–H groups in total. The smallest absolute Gasteiger partial charge is 0.142 e. The van der Waals surface area contributed by atoms with E-state index < -0.39 is 0 Å². The van der Waals surface area contributed by atoms with Crippen LogP contribution in [0, 0.1) is 0 Å². The molecule has 0 atom stereocenters. The van der Waals surface area contributed by atoms with Gasteiger partial charge in [0.1, 0.15) is 17.3 Å². The van der Waals surface area contributed by atoms with Crippen molar-refractivity contribution >= 4 is 27.4 Å². The summed E-state index contributed by atoms with van der Waals surface area (Å²) >= 11 is 3.70. The van der Waals surface area contributed by atoms with E-state index in [2.05, 4.69) is 62.9 Å². The third kappa shape index (κ3) is 5.90. The first-order valence-corrected chi connectivity index (χ1v) is 11.7. The van der Waals surface area contributed by atoms with Crippen LogP contribution in [0.25, 0.3) is 5.70 Å². The van der Waals surface area contributed by atoms with Gasteiger partial charge in [-0.1, -0.05) is 36.9 Å². The third-order valence-corrected chi connectivity index (χ3v) is 6.21.